The van der Waals surface area contributed by atoms with Gasteiger partial charge < -0.3 is 25.6 Å². The average molecular weight is 1020 g/mol. The highest BCUT2D eigenvalue weighted by atomic mass is 35.5. The van der Waals surface area contributed by atoms with E-state index < -0.39 is 160 Å². The number of nitrogens with zero attached hydrogens (tertiary/aromatic N) is 5. The maximum atomic E-state index is 12.9. The monoisotopic (exact) mass is 1020 g/mol. The van der Waals surface area contributed by atoms with Crippen LogP contribution in [0.1, 0.15) is 0 Å². The second kappa shape index (κ2) is 17.2. The van der Waals surface area contributed by atoms with E-state index in [-0.39, 0.29) is 11.8 Å². The summed E-state index contributed by atoms with van der Waals surface area (Å²) in [7, 11) is -30.2. The van der Waals surface area contributed by atoms with E-state index in [2.05, 4.69) is 40.0 Å². The lowest BCUT2D eigenvalue weighted by atomic mass is 10.1. The Bertz CT molecular complexity index is 3450. The minimum Gasteiger partial charge on any atom is -0.505 e. The lowest BCUT2D eigenvalue weighted by Crippen LogP contribution is -2.16. The minimum absolute atomic E-state index is 0.0823. The molecule has 63 heavy (non-hydrogen) atoms. The number of hydrogen-bond acceptors (Lipinski definition) is 23. The van der Waals surface area contributed by atoms with Gasteiger partial charge in [0.25, 0.3) is 40.5 Å². The summed E-state index contributed by atoms with van der Waals surface area (Å²) < 4.78 is 204. The fourth-order valence-electron chi connectivity index (χ4n) is 5.20. The predicted octanol–water partition coefficient (Wildman–Crippen LogP) is 2.58. The number of anilines is 4. The molecular formula is C28H24ClN7O21S6. The van der Waals surface area contributed by atoms with Gasteiger partial charge in [0.2, 0.25) is 17.2 Å². The fourth-order valence-corrected chi connectivity index (χ4v) is 9.73. The van der Waals surface area contributed by atoms with Crippen LogP contribution in [0.2, 0.25) is 5.28 Å². The Morgan fingerprint density at radius 1 is 0.635 bits per heavy atom. The molecule has 9 N–H and O–H groups in total. The molecule has 0 atom stereocenters. The Balaban J connectivity index is 1.63. The van der Waals surface area contributed by atoms with Crippen molar-refractivity contribution >= 4 is 118 Å². The molecule has 35 heteroatoms. The van der Waals surface area contributed by atoms with Gasteiger partial charge in [-0.15, -0.1) is 10.2 Å². The molecule has 0 fully saturated rings. The SMILES string of the molecule is COc1ccc(N=Nc2c(S(=O)(=O)O)cc3c(S(=O)(=O)O)c(Nc4nc(Cl)nc(Nc5cc(S(=O)(=O)CCOS(=O)(=O)O)cc(S(=O)(=O)O)c5O)n4)ccc3c2O)c(S(=O)(=O)O)c1. The fraction of sp³-hybridized carbons (Fsp3) is 0.107. The van der Waals surface area contributed by atoms with Gasteiger partial charge in [0.1, 0.15) is 36.7 Å². The molecule has 4 aromatic carbocycles. The van der Waals surface area contributed by atoms with E-state index in [1.54, 1.807) is 0 Å². The van der Waals surface area contributed by atoms with Crippen molar-refractivity contribution in [2.75, 3.05) is 30.1 Å². The summed E-state index contributed by atoms with van der Waals surface area (Å²) in [4.78, 5) is 5.26. The summed E-state index contributed by atoms with van der Waals surface area (Å²) in [6.45, 7) is -1.18. The van der Waals surface area contributed by atoms with Crippen LogP contribution in [0, 0.1) is 0 Å². The zero-order chi connectivity index (χ0) is 47.2. The number of aromatic hydroxyl groups is 2. The molecule has 1 heterocycles. The number of rotatable bonds is 16. The first kappa shape index (κ1) is 48.5. The van der Waals surface area contributed by atoms with Gasteiger partial charge in [-0.1, -0.05) is 0 Å². The zero-order valence-electron chi connectivity index (χ0n) is 30.4. The summed E-state index contributed by atoms with van der Waals surface area (Å²) in [5.41, 5.74) is -3.37. The molecule has 5 aromatic rings. The normalized spacial score (nSPS) is 13.1. The Hall–Kier alpha value is -5.50. The molecule has 0 bridgehead atoms. The van der Waals surface area contributed by atoms with Crippen molar-refractivity contribution in [3.63, 3.8) is 0 Å². The van der Waals surface area contributed by atoms with Crippen LogP contribution >= 0.6 is 11.6 Å². The average Bonchev–Trinajstić information content (AvgIpc) is 3.12. The number of phenols is 2. The van der Waals surface area contributed by atoms with Crippen molar-refractivity contribution in [3.05, 3.63) is 53.8 Å². The summed E-state index contributed by atoms with van der Waals surface area (Å²) in [5, 5.41) is 31.2. The van der Waals surface area contributed by atoms with Gasteiger partial charge in [-0.3, -0.25) is 22.8 Å². The highest BCUT2D eigenvalue weighted by Crippen LogP contribution is 2.45. The van der Waals surface area contributed by atoms with Crippen LogP contribution in [0.25, 0.3) is 10.8 Å². The molecule has 0 aliphatic heterocycles. The van der Waals surface area contributed by atoms with Gasteiger partial charge in [-0.25, -0.2) is 12.6 Å². The van der Waals surface area contributed by atoms with Crippen molar-refractivity contribution in [1.82, 2.24) is 15.0 Å². The smallest absolute Gasteiger partial charge is 0.397 e. The third-order valence-electron chi connectivity index (χ3n) is 7.79. The van der Waals surface area contributed by atoms with Crippen molar-refractivity contribution in [2.24, 2.45) is 10.2 Å². The van der Waals surface area contributed by atoms with E-state index in [0.29, 0.717) is 12.1 Å². The van der Waals surface area contributed by atoms with Crippen molar-refractivity contribution in [1.29, 1.82) is 0 Å². The van der Waals surface area contributed by atoms with Crippen LogP contribution in [0.15, 0.2) is 83.2 Å². The third kappa shape index (κ3) is 11.4. The summed E-state index contributed by atoms with van der Waals surface area (Å²) in [6.07, 6.45) is 0. The van der Waals surface area contributed by atoms with E-state index in [1.807, 2.05) is 0 Å². The molecule has 28 nitrogen and oxygen atoms in total. The van der Waals surface area contributed by atoms with E-state index in [4.69, 9.17) is 20.9 Å². The number of nitrogens with one attached hydrogen (secondary N) is 2. The van der Waals surface area contributed by atoms with Crippen LogP contribution in [0.4, 0.5) is 34.6 Å². The van der Waals surface area contributed by atoms with Crippen LogP contribution in [0.3, 0.4) is 0 Å². The van der Waals surface area contributed by atoms with E-state index >= 15 is 0 Å². The number of aromatic nitrogens is 3. The highest BCUT2D eigenvalue weighted by molar-refractivity contribution is 7.91. The van der Waals surface area contributed by atoms with Gasteiger partial charge in [0.15, 0.2) is 21.3 Å². The van der Waals surface area contributed by atoms with Crippen LogP contribution in [-0.4, -0.2) is 118 Å². The van der Waals surface area contributed by atoms with E-state index in [1.165, 1.54) is 0 Å². The number of phenolic OH excluding ortho intramolecular Hbond substituents is 2. The zero-order valence-corrected chi connectivity index (χ0v) is 36.1. The van der Waals surface area contributed by atoms with Gasteiger partial charge in [-0.2, -0.15) is 57.0 Å². The maximum Gasteiger partial charge on any atom is 0.397 e. The van der Waals surface area contributed by atoms with E-state index in [0.717, 1.165) is 37.4 Å². The molecule has 5 rings (SSSR count). The van der Waals surface area contributed by atoms with Crippen LogP contribution in [0.5, 0.6) is 17.2 Å². The number of hydrogen-bond donors (Lipinski definition) is 9. The molecule has 0 aliphatic rings. The first-order valence-electron chi connectivity index (χ1n) is 15.8. The van der Waals surface area contributed by atoms with Gasteiger partial charge in [0.05, 0.1) is 35.7 Å². The molecule has 0 spiro atoms. The Labute approximate surface area is 359 Å². The summed E-state index contributed by atoms with van der Waals surface area (Å²) >= 11 is 5.99. The molecule has 0 radical (unpaired) electrons. The number of sulfone groups is 1. The second-order valence-electron chi connectivity index (χ2n) is 11.9. The number of ether oxygens (including phenoxy) is 1. The molecule has 1 aromatic heterocycles. The molecule has 0 amide bonds. The lowest BCUT2D eigenvalue weighted by Gasteiger charge is -2.16. The number of benzene rings is 4. The molecular weight excluding hydrogens is 998 g/mol. The highest BCUT2D eigenvalue weighted by Gasteiger charge is 2.30. The molecule has 0 saturated heterocycles. The molecule has 340 valence electrons. The Morgan fingerprint density at radius 3 is 1.76 bits per heavy atom. The predicted molar refractivity (Wildman–Crippen MR) is 211 cm³/mol. The number of methoxy groups -OCH3 is 1. The van der Waals surface area contributed by atoms with Crippen molar-refractivity contribution < 1.29 is 92.4 Å². The topological polar surface area (TPSA) is 452 Å². The first-order valence-corrected chi connectivity index (χ1v) is 25.0. The van der Waals surface area contributed by atoms with Crippen LogP contribution < -0.4 is 15.4 Å². The third-order valence-corrected chi connectivity index (χ3v) is 13.7. The Morgan fingerprint density at radius 2 is 1.22 bits per heavy atom. The Kier molecular flexibility index (Phi) is 13.3. The summed E-state index contributed by atoms with van der Waals surface area (Å²) in [6, 6.07) is 5.88. The van der Waals surface area contributed by atoms with E-state index in [9.17, 15) is 78.9 Å². The van der Waals surface area contributed by atoms with Gasteiger partial charge in [0, 0.05) is 16.8 Å². The van der Waals surface area contributed by atoms with Crippen molar-refractivity contribution in [2.45, 2.75) is 24.5 Å². The van der Waals surface area contributed by atoms with Crippen LogP contribution in [-0.2, 0) is 64.9 Å². The first-order chi connectivity index (χ1) is 28.8. The van der Waals surface area contributed by atoms with Gasteiger partial charge >= 0.3 is 10.4 Å². The lowest BCUT2D eigenvalue weighted by molar-refractivity contribution is 0.284. The second-order valence-corrected chi connectivity index (χ2v) is 21.0. The van der Waals surface area contributed by atoms with Gasteiger partial charge in [-0.05, 0) is 54.1 Å². The molecule has 0 unspecified atom stereocenters. The number of halogens is 1. The number of azo groups is 1. The molecule has 0 saturated carbocycles. The van der Waals surface area contributed by atoms with Crippen molar-refractivity contribution in [3.8, 4) is 17.2 Å². The maximum absolute atomic E-state index is 12.9. The number of fused-ring (bicyclic) bond motifs is 1. The quantitative estimate of drug-likeness (QED) is 0.0389. The minimum atomic E-state index is -5.54. The standard InChI is InChI=1S/C28H24ClN7O21S6/c1-56-12-2-4-16(19(8-12)59(41,42)43)35-36-22-20(60(44,45)46)11-15-14(23(22)37)3-5-17(25(15)62(50,51)52)30-27-32-26(29)33-28(34-27)31-18-9-13(10-21(24(18)38)61(47,48)49)58(39,40)7-6-57-63(53,54)55/h2-5,8-11,37-38H,6-7H2,1H3,(H,41,42,43)(H,44,45,46)(H,47,48,49)(H,50,51,52)(H,53,54,55)(H2,30,31,32,33,34). The largest absolute Gasteiger partial charge is 0.505 e. The molecule has 0 aliphatic carbocycles. The summed E-state index contributed by atoms with van der Waals surface area (Å²) in [5.74, 6) is -5.45.